The first-order valence-electron chi connectivity index (χ1n) is 8.15. The van der Waals surface area contributed by atoms with Crippen molar-refractivity contribution >= 4 is 23.2 Å². The number of rotatable bonds is 6. The average molecular weight is 347 g/mol. The van der Waals surface area contributed by atoms with Crippen molar-refractivity contribution in [2.45, 2.75) is 44.7 Å². The smallest absolute Gasteiger partial charge is 0.252 e. The van der Waals surface area contributed by atoms with E-state index in [0.29, 0.717) is 17.2 Å². The van der Waals surface area contributed by atoms with Crippen molar-refractivity contribution in [1.82, 2.24) is 20.3 Å². The number of carbonyl (C=O) groups excluding carboxylic acids is 2. The van der Waals surface area contributed by atoms with Gasteiger partial charge in [-0.2, -0.15) is 11.3 Å². The van der Waals surface area contributed by atoms with Crippen molar-refractivity contribution in [3.05, 3.63) is 34.3 Å². The molecule has 2 aromatic heterocycles. The summed E-state index contributed by atoms with van der Waals surface area (Å²) < 4.78 is 1.42. The Balaban J connectivity index is 1.79. The first kappa shape index (κ1) is 16.6. The molecule has 1 aliphatic carbocycles. The van der Waals surface area contributed by atoms with Gasteiger partial charge in [-0.25, -0.2) is 4.68 Å². The van der Waals surface area contributed by atoms with E-state index in [1.165, 1.54) is 22.4 Å². The Bertz CT molecular complexity index is 691. The van der Waals surface area contributed by atoms with E-state index in [4.69, 9.17) is 5.73 Å². The molecule has 0 aromatic carbocycles. The van der Waals surface area contributed by atoms with Crippen LogP contribution in [0.5, 0.6) is 0 Å². The summed E-state index contributed by atoms with van der Waals surface area (Å²) in [5, 5.41) is 15.0. The zero-order chi connectivity index (χ0) is 16.9. The van der Waals surface area contributed by atoms with Gasteiger partial charge in [0, 0.05) is 5.38 Å². The van der Waals surface area contributed by atoms with Gasteiger partial charge in [0.25, 0.3) is 5.91 Å². The zero-order valence-electron chi connectivity index (χ0n) is 13.4. The fraction of sp³-hybridized carbons (Fsp3) is 0.500. The molecule has 24 heavy (non-hydrogen) atoms. The molecule has 0 spiro atoms. The minimum absolute atomic E-state index is 0.0110. The molecule has 1 atom stereocenters. The van der Waals surface area contributed by atoms with Crippen LogP contribution in [-0.2, 0) is 11.3 Å². The van der Waals surface area contributed by atoms with Crippen LogP contribution >= 0.6 is 11.3 Å². The van der Waals surface area contributed by atoms with Crippen LogP contribution in [0, 0.1) is 5.92 Å². The van der Waals surface area contributed by atoms with Crippen LogP contribution in [0.25, 0.3) is 0 Å². The van der Waals surface area contributed by atoms with Gasteiger partial charge >= 0.3 is 0 Å². The highest BCUT2D eigenvalue weighted by atomic mass is 32.1. The van der Waals surface area contributed by atoms with Crippen LogP contribution in [0.2, 0.25) is 0 Å². The van der Waals surface area contributed by atoms with Gasteiger partial charge < -0.3 is 11.1 Å². The van der Waals surface area contributed by atoms with Crippen LogP contribution in [0.15, 0.2) is 23.0 Å². The average Bonchev–Trinajstić information content (AvgIpc) is 3.24. The van der Waals surface area contributed by atoms with Gasteiger partial charge in [-0.1, -0.05) is 24.5 Å². The molecule has 8 heteroatoms. The van der Waals surface area contributed by atoms with Crippen LogP contribution in [0.4, 0.5) is 0 Å². The lowest BCUT2D eigenvalue weighted by molar-refractivity contribution is -0.118. The molecule has 1 fully saturated rings. The highest BCUT2D eigenvalue weighted by Crippen LogP contribution is 2.34. The molecule has 1 unspecified atom stereocenters. The third kappa shape index (κ3) is 4.00. The predicted molar refractivity (Wildman–Crippen MR) is 90.3 cm³/mol. The molecule has 1 saturated carbocycles. The number of thiophene rings is 1. The van der Waals surface area contributed by atoms with Crippen molar-refractivity contribution in [3.8, 4) is 0 Å². The lowest BCUT2D eigenvalue weighted by atomic mass is 9.82. The van der Waals surface area contributed by atoms with E-state index in [1.54, 1.807) is 6.20 Å². The number of hydrogen-bond acceptors (Lipinski definition) is 5. The van der Waals surface area contributed by atoms with Gasteiger partial charge in [-0.3, -0.25) is 9.59 Å². The molecular formula is C16H21N5O2S. The SMILES string of the molecule is NC(=O)Cn1cc(C(NC(=O)c2ccsc2)C2CCCCC2)nn1. The third-order valence-corrected chi connectivity index (χ3v) is 5.07. The maximum absolute atomic E-state index is 12.5. The lowest BCUT2D eigenvalue weighted by Crippen LogP contribution is -2.34. The van der Waals surface area contributed by atoms with Crippen LogP contribution in [0.1, 0.15) is 54.2 Å². The molecule has 3 N–H and O–H groups in total. The van der Waals surface area contributed by atoms with E-state index in [2.05, 4.69) is 15.6 Å². The number of aromatic nitrogens is 3. The molecule has 2 aromatic rings. The molecule has 1 aliphatic rings. The van der Waals surface area contributed by atoms with Crippen LogP contribution in [-0.4, -0.2) is 26.8 Å². The van der Waals surface area contributed by atoms with Crippen molar-refractivity contribution < 1.29 is 9.59 Å². The van der Waals surface area contributed by atoms with E-state index in [-0.39, 0.29) is 18.5 Å². The number of amides is 2. The van der Waals surface area contributed by atoms with Gasteiger partial charge in [-0.05, 0) is 30.2 Å². The summed E-state index contributed by atoms with van der Waals surface area (Å²) in [5.41, 5.74) is 6.55. The summed E-state index contributed by atoms with van der Waals surface area (Å²) in [4.78, 5) is 23.5. The Hall–Kier alpha value is -2.22. The minimum atomic E-state index is -0.469. The normalized spacial score (nSPS) is 16.7. The Morgan fingerprint density at radius 3 is 2.83 bits per heavy atom. The standard InChI is InChI=1S/C16H21N5O2S/c17-14(22)9-21-8-13(19-20-21)15(11-4-2-1-3-5-11)18-16(23)12-6-7-24-10-12/h6-8,10-11,15H,1-5,9H2,(H2,17,22)(H,18,23). The van der Waals surface area contributed by atoms with Crippen molar-refractivity contribution in [3.63, 3.8) is 0 Å². The molecule has 0 bridgehead atoms. The fourth-order valence-electron chi connectivity index (χ4n) is 3.21. The third-order valence-electron chi connectivity index (χ3n) is 4.38. The Kier molecular flexibility index (Phi) is 5.24. The Morgan fingerprint density at radius 2 is 2.17 bits per heavy atom. The summed E-state index contributed by atoms with van der Waals surface area (Å²) in [6.07, 6.45) is 7.36. The molecule has 2 amide bonds. The van der Waals surface area contributed by atoms with Gasteiger partial charge in [0.1, 0.15) is 12.2 Å². The maximum atomic E-state index is 12.5. The van der Waals surface area contributed by atoms with E-state index in [9.17, 15) is 9.59 Å². The maximum Gasteiger partial charge on any atom is 0.252 e. The topological polar surface area (TPSA) is 103 Å². The van der Waals surface area contributed by atoms with E-state index < -0.39 is 5.91 Å². The number of carbonyl (C=O) groups is 2. The Labute approximate surface area is 144 Å². The summed E-state index contributed by atoms with van der Waals surface area (Å²) >= 11 is 1.49. The number of nitrogens with one attached hydrogen (secondary N) is 1. The van der Waals surface area contributed by atoms with Gasteiger partial charge in [0.15, 0.2) is 0 Å². The second-order valence-corrected chi connectivity index (χ2v) is 6.95. The molecule has 7 nitrogen and oxygen atoms in total. The Morgan fingerprint density at radius 1 is 1.38 bits per heavy atom. The summed E-state index contributed by atoms with van der Waals surface area (Å²) in [7, 11) is 0. The molecule has 3 rings (SSSR count). The molecule has 0 saturated heterocycles. The second-order valence-electron chi connectivity index (χ2n) is 6.17. The zero-order valence-corrected chi connectivity index (χ0v) is 14.2. The number of hydrogen-bond donors (Lipinski definition) is 2. The van der Waals surface area contributed by atoms with E-state index >= 15 is 0 Å². The summed E-state index contributed by atoms with van der Waals surface area (Å²) in [6, 6.07) is 1.61. The van der Waals surface area contributed by atoms with E-state index in [0.717, 1.165) is 25.7 Å². The van der Waals surface area contributed by atoms with Crippen LogP contribution < -0.4 is 11.1 Å². The van der Waals surface area contributed by atoms with Gasteiger partial charge in [-0.15, -0.1) is 5.10 Å². The minimum Gasteiger partial charge on any atom is -0.368 e. The van der Waals surface area contributed by atoms with Gasteiger partial charge in [0.05, 0.1) is 17.8 Å². The molecule has 0 aliphatic heterocycles. The second kappa shape index (κ2) is 7.57. The lowest BCUT2D eigenvalue weighted by Gasteiger charge is -2.29. The molecule has 0 radical (unpaired) electrons. The first-order chi connectivity index (χ1) is 11.6. The molecule has 128 valence electrons. The molecule has 2 heterocycles. The van der Waals surface area contributed by atoms with Crippen molar-refractivity contribution in [2.75, 3.05) is 0 Å². The highest BCUT2D eigenvalue weighted by Gasteiger charge is 2.29. The number of nitrogens with two attached hydrogens (primary N) is 1. The number of nitrogens with zero attached hydrogens (tertiary/aromatic N) is 3. The van der Waals surface area contributed by atoms with Gasteiger partial charge in [0.2, 0.25) is 5.91 Å². The monoisotopic (exact) mass is 347 g/mol. The highest BCUT2D eigenvalue weighted by molar-refractivity contribution is 7.08. The predicted octanol–water partition coefficient (Wildman–Crippen LogP) is 1.88. The van der Waals surface area contributed by atoms with E-state index in [1.807, 2.05) is 16.8 Å². The quantitative estimate of drug-likeness (QED) is 0.832. The number of primary amides is 1. The molecular weight excluding hydrogens is 326 g/mol. The summed E-state index contributed by atoms with van der Waals surface area (Å²) in [5.74, 6) is -0.237. The first-order valence-corrected chi connectivity index (χ1v) is 9.09. The summed E-state index contributed by atoms with van der Waals surface area (Å²) in [6.45, 7) is -0.0110. The van der Waals surface area contributed by atoms with Crippen molar-refractivity contribution in [1.29, 1.82) is 0 Å². The fourth-order valence-corrected chi connectivity index (χ4v) is 3.85. The van der Waals surface area contributed by atoms with Crippen LogP contribution in [0.3, 0.4) is 0 Å². The van der Waals surface area contributed by atoms with Crippen molar-refractivity contribution in [2.24, 2.45) is 11.7 Å². The largest absolute Gasteiger partial charge is 0.368 e.